The summed E-state index contributed by atoms with van der Waals surface area (Å²) in [4.78, 5) is 0. The molecule has 1 heterocycles. The first-order valence-corrected chi connectivity index (χ1v) is 19.8. The summed E-state index contributed by atoms with van der Waals surface area (Å²) in [6, 6.07) is 65.5. The Hall–Kier alpha value is -6.70. The monoisotopic (exact) mass is 714 g/mol. The number of para-hydroxylation sites is 2. The van der Waals surface area contributed by atoms with E-state index < -0.39 is 0 Å². The Labute approximate surface area is 326 Å². The molecule has 264 valence electrons. The zero-order chi connectivity index (χ0) is 37.1. The van der Waals surface area contributed by atoms with Crippen LogP contribution >= 0.6 is 0 Å². The van der Waals surface area contributed by atoms with Crippen LogP contribution in [-0.2, 0) is 11.8 Å². The molecule has 1 aromatic heterocycles. The van der Waals surface area contributed by atoms with Gasteiger partial charge < -0.3 is 4.42 Å². The highest BCUT2D eigenvalue weighted by molar-refractivity contribution is 6.14. The van der Waals surface area contributed by atoms with Gasteiger partial charge in [-0.2, -0.15) is 0 Å². The Balaban J connectivity index is 1.11. The maximum atomic E-state index is 6.72. The van der Waals surface area contributed by atoms with E-state index >= 15 is 0 Å². The third-order valence-electron chi connectivity index (χ3n) is 13.1. The van der Waals surface area contributed by atoms with Gasteiger partial charge in [0, 0.05) is 27.7 Å². The summed E-state index contributed by atoms with van der Waals surface area (Å²) in [6.45, 7) is 4.78. The molecule has 0 spiro atoms. The molecule has 9 aromatic carbocycles. The summed E-state index contributed by atoms with van der Waals surface area (Å²) < 4.78 is 6.72. The molecule has 1 atom stereocenters. The van der Waals surface area contributed by atoms with E-state index in [0.29, 0.717) is 0 Å². The first kappa shape index (κ1) is 31.6. The van der Waals surface area contributed by atoms with Gasteiger partial charge in [-0.1, -0.05) is 178 Å². The highest BCUT2D eigenvalue weighted by atomic mass is 16.3. The molecule has 12 rings (SSSR count). The lowest BCUT2D eigenvalue weighted by atomic mass is 9.77. The molecule has 0 fully saturated rings. The third kappa shape index (κ3) is 4.37. The minimum absolute atomic E-state index is 0.0341. The Morgan fingerprint density at radius 1 is 0.446 bits per heavy atom. The Morgan fingerprint density at radius 2 is 1.09 bits per heavy atom. The highest BCUT2D eigenvalue weighted by Gasteiger charge is 2.37. The average Bonchev–Trinajstić information content (AvgIpc) is 3.88. The van der Waals surface area contributed by atoms with Crippen LogP contribution in [-0.4, -0.2) is 0 Å². The van der Waals surface area contributed by atoms with E-state index in [1.165, 1.54) is 88.3 Å². The van der Waals surface area contributed by atoms with Gasteiger partial charge in [0.1, 0.15) is 11.2 Å². The molecule has 56 heavy (non-hydrogen) atoms. The predicted octanol–water partition coefficient (Wildman–Crippen LogP) is 14.6. The SMILES string of the molecule is CC1(C)c2ccccc2-c2ccc(C(c3cccc4c3Cc3c-4cc4ccccc4c3-c3cccc4c3oc3ccccc34)c3cccc4ccccc34)cc21. The van der Waals surface area contributed by atoms with Crippen molar-refractivity contribution in [3.63, 3.8) is 0 Å². The Bertz CT molecular complexity index is 3260. The lowest BCUT2D eigenvalue weighted by Gasteiger charge is -2.26. The van der Waals surface area contributed by atoms with Gasteiger partial charge in [0.2, 0.25) is 0 Å². The summed E-state index contributed by atoms with van der Waals surface area (Å²) in [7, 11) is 0. The van der Waals surface area contributed by atoms with Gasteiger partial charge in [0.25, 0.3) is 0 Å². The van der Waals surface area contributed by atoms with E-state index in [9.17, 15) is 0 Å². The number of hydrogen-bond acceptors (Lipinski definition) is 1. The van der Waals surface area contributed by atoms with Crippen molar-refractivity contribution in [3.8, 4) is 33.4 Å². The molecular weight excluding hydrogens is 677 g/mol. The van der Waals surface area contributed by atoms with E-state index in [1.807, 2.05) is 0 Å². The maximum absolute atomic E-state index is 6.72. The van der Waals surface area contributed by atoms with Crippen LogP contribution < -0.4 is 0 Å². The molecule has 0 radical (unpaired) electrons. The Morgan fingerprint density at radius 3 is 2.00 bits per heavy atom. The Kier molecular flexibility index (Phi) is 6.58. The van der Waals surface area contributed by atoms with Crippen molar-refractivity contribution in [2.24, 2.45) is 0 Å². The number of hydrogen-bond donors (Lipinski definition) is 0. The van der Waals surface area contributed by atoms with Crippen molar-refractivity contribution < 1.29 is 4.42 Å². The summed E-state index contributed by atoms with van der Waals surface area (Å²) in [6.07, 6.45) is 0.848. The molecule has 0 saturated carbocycles. The second-order valence-electron chi connectivity index (χ2n) is 16.3. The van der Waals surface area contributed by atoms with E-state index in [1.54, 1.807) is 0 Å². The van der Waals surface area contributed by atoms with Crippen LogP contribution in [0.4, 0.5) is 0 Å². The fourth-order valence-corrected chi connectivity index (χ4v) is 10.5. The van der Waals surface area contributed by atoms with Gasteiger partial charge in [0.15, 0.2) is 0 Å². The van der Waals surface area contributed by atoms with E-state index in [0.717, 1.165) is 33.9 Å². The van der Waals surface area contributed by atoms with Crippen molar-refractivity contribution in [2.75, 3.05) is 0 Å². The van der Waals surface area contributed by atoms with Crippen molar-refractivity contribution in [3.05, 3.63) is 215 Å². The van der Waals surface area contributed by atoms with Gasteiger partial charge in [-0.3, -0.25) is 0 Å². The van der Waals surface area contributed by atoms with Crippen molar-refractivity contribution >= 4 is 43.5 Å². The summed E-state index contributed by atoms with van der Waals surface area (Å²) in [5.74, 6) is 0.0341. The second-order valence-corrected chi connectivity index (χ2v) is 16.3. The van der Waals surface area contributed by atoms with E-state index in [4.69, 9.17) is 4.42 Å². The van der Waals surface area contributed by atoms with Crippen LogP contribution in [0, 0.1) is 0 Å². The van der Waals surface area contributed by atoms with Crippen molar-refractivity contribution in [1.29, 1.82) is 0 Å². The smallest absolute Gasteiger partial charge is 0.143 e. The summed E-state index contributed by atoms with van der Waals surface area (Å²) >= 11 is 0. The zero-order valence-electron chi connectivity index (χ0n) is 31.4. The van der Waals surface area contributed by atoms with Gasteiger partial charge in [-0.25, -0.2) is 0 Å². The number of rotatable bonds is 4. The van der Waals surface area contributed by atoms with Crippen LogP contribution in [0.2, 0.25) is 0 Å². The molecule has 10 aromatic rings. The first-order chi connectivity index (χ1) is 27.5. The fourth-order valence-electron chi connectivity index (χ4n) is 10.5. The second kappa shape index (κ2) is 11.7. The lowest BCUT2D eigenvalue weighted by molar-refractivity contribution is 0.659. The van der Waals surface area contributed by atoms with Gasteiger partial charge in [0.05, 0.1) is 0 Å². The van der Waals surface area contributed by atoms with Crippen molar-refractivity contribution in [2.45, 2.75) is 31.6 Å². The van der Waals surface area contributed by atoms with E-state index in [2.05, 4.69) is 190 Å². The molecule has 1 heteroatoms. The van der Waals surface area contributed by atoms with Gasteiger partial charge in [-0.05, 0) is 107 Å². The number of fused-ring (bicyclic) bond motifs is 11. The fraction of sp³-hybridized carbons (Fsp3) is 0.0909. The van der Waals surface area contributed by atoms with Gasteiger partial charge >= 0.3 is 0 Å². The highest BCUT2D eigenvalue weighted by Crippen LogP contribution is 2.53. The average molecular weight is 715 g/mol. The molecule has 0 saturated heterocycles. The number of furan rings is 1. The molecule has 0 amide bonds. The lowest BCUT2D eigenvalue weighted by Crippen LogP contribution is -2.16. The predicted molar refractivity (Wildman–Crippen MR) is 234 cm³/mol. The molecule has 0 bridgehead atoms. The standard InChI is InChI=1S/C55H38O/c1-55(2)49-26-9-7-19-39(49)40-29-28-35(31-50(40)55)52(42-22-11-16-33-14-3-5-17-36(33)42)43-23-12-21-38-46-30-34-15-4-6-18-37(34)53(48(46)32-47(38)43)45-25-13-24-44-41-20-8-10-27-51(41)56-54(44)45/h3-31,52H,32H2,1-2H3. The minimum Gasteiger partial charge on any atom is -0.455 e. The van der Waals surface area contributed by atoms with Crippen LogP contribution in [0.3, 0.4) is 0 Å². The quantitative estimate of drug-likeness (QED) is 0.165. The van der Waals surface area contributed by atoms with Crippen LogP contribution in [0.5, 0.6) is 0 Å². The van der Waals surface area contributed by atoms with E-state index in [-0.39, 0.29) is 11.3 Å². The van der Waals surface area contributed by atoms with Crippen LogP contribution in [0.1, 0.15) is 58.7 Å². The van der Waals surface area contributed by atoms with Crippen LogP contribution in [0.25, 0.3) is 76.9 Å². The van der Waals surface area contributed by atoms with Crippen molar-refractivity contribution in [1.82, 2.24) is 0 Å². The first-order valence-electron chi connectivity index (χ1n) is 19.8. The third-order valence-corrected chi connectivity index (χ3v) is 13.1. The maximum Gasteiger partial charge on any atom is 0.143 e. The molecule has 2 aliphatic carbocycles. The molecule has 1 nitrogen and oxygen atoms in total. The van der Waals surface area contributed by atoms with Crippen LogP contribution in [0.15, 0.2) is 180 Å². The zero-order valence-corrected chi connectivity index (χ0v) is 31.4. The topological polar surface area (TPSA) is 13.1 Å². The minimum atomic E-state index is -0.0905. The summed E-state index contributed by atoms with van der Waals surface area (Å²) in [5.41, 5.74) is 19.3. The molecule has 0 aliphatic heterocycles. The normalized spacial score (nSPS) is 14.2. The van der Waals surface area contributed by atoms with Gasteiger partial charge in [-0.15, -0.1) is 0 Å². The molecule has 2 aliphatic rings. The molecule has 1 unspecified atom stereocenters. The number of benzene rings is 9. The largest absolute Gasteiger partial charge is 0.455 e. The molecule has 0 N–H and O–H groups in total. The summed E-state index contributed by atoms with van der Waals surface area (Å²) in [5, 5.41) is 7.41. The molecular formula is C55H38O.